The first-order valence-electron chi connectivity index (χ1n) is 12.4. The minimum Gasteiger partial charge on any atom is -0.481 e. The van der Waals surface area contributed by atoms with E-state index >= 15 is 0 Å². The number of hydrogen-bond acceptors (Lipinski definition) is 4. The van der Waals surface area contributed by atoms with Crippen LogP contribution < -0.4 is 10.6 Å². The number of aliphatic carboxylic acids is 1. The van der Waals surface area contributed by atoms with Crippen molar-refractivity contribution in [1.29, 1.82) is 0 Å². The smallest absolute Gasteiger partial charge is 0.407 e. The molecule has 4 rings (SSSR count). The molecule has 7 heteroatoms. The van der Waals surface area contributed by atoms with E-state index in [4.69, 9.17) is 9.84 Å². The van der Waals surface area contributed by atoms with Crippen molar-refractivity contribution in [3.05, 3.63) is 59.7 Å². The second kappa shape index (κ2) is 10.5. The number of carboxylic acid groups (broad SMARTS) is 1. The van der Waals surface area contributed by atoms with Crippen LogP contribution in [0.25, 0.3) is 11.1 Å². The zero-order chi connectivity index (χ0) is 25.0. The van der Waals surface area contributed by atoms with Crippen LogP contribution in [0.3, 0.4) is 0 Å². The Bertz CT molecular complexity index is 1050. The Hall–Kier alpha value is -3.35. The summed E-state index contributed by atoms with van der Waals surface area (Å²) < 4.78 is 5.61. The van der Waals surface area contributed by atoms with E-state index in [0.29, 0.717) is 32.1 Å². The van der Waals surface area contributed by atoms with Crippen LogP contribution in [0.1, 0.15) is 63.0 Å². The molecule has 1 saturated carbocycles. The molecule has 186 valence electrons. The number of carbonyl (C=O) groups is 3. The number of hydrogen-bond donors (Lipinski definition) is 3. The Kier molecular flexibility index (Phi) is 7.43. The quantitative estimate of drug-likeness (QED) is 0.510. The van der Waals surface area contributed by atoms with Gasteiger partial charge < -0.3 is 20.5 Å². The zero-order valence-corrected chi connectivity index (χ0v) is 20.4. The van der Waals surface area contributed by atoms with Crippen LogP contribution in [0, 0.1) is 11.3 Å². The molecule has 0 radical (unpaired) electrons. The first-order valence-corrected chi connectivity index (χ1v) is 12.4. The standard InChI is InChI=1S/C28H34N2O5/c1-3-28(2,26(33)30-19-14-12-18(13-15-19)25(31)32)17-29-27(34)35-16-24-22-10-6-4-8-20(22)21-9-5-7-11-23(21)24/h4-11,18-19,24H,3,12-17H2,1-2H3,(H,29,34)(H,30,33)(H,31,32). The van der Waals surface area contributed by atoms with Gasteiger partial charge in [-0.15, -0.1) is 0 Å². The Balaban J connectivity index is 1.30. The number of rotatable bonds is 8. The third-order valence-electron chi connectivity index (χ3n) is 7.71. The fourth-order valence-corrected chi connectivity index (χ4v) is 5.13. The van der Waals surface area contributed by atoms with Gasteiger partial charge in [-0.2, -0.15) is 0 Å². The van der Waals surface area contributed by atoms with Gasteiger partial charge in [-0.25, -0.2) is 4.79 Å². The Morgan fingerprint density at radius 3 is 2.09 bits per heavy atom. The SMILES string of the molecule is CCC(C)(CNC(=O)OCC1c2ccccc2-c2ccccc21)C(=O)NC1CCC(C(=O)O)CC1. The fourth-order valence-electron chi connectivity index (χ4n) is 5.13. The first-order chi connectivity index (χ1) is 16.8. The molecule has 2 aromatic carbocycles. The highest BCUT2D eigenvalue weighted by Gasteiger charge is 2.35. The lowest BCUT2D eigenvalue weighted by atomic mass is 9.83. The van der Waals surface area contributed by atoms with Gasteiger partial charge in [-0.3, -0.25) is 9.59 Å². The highest BCUT2D eigenvalue weighted by Crippen LogP contribution is 2.44. The lowest BCUT2D eigenvalue weighted by Crippen LogP contribution is -2.50. The van der Waals surface area contributed by atoms with Crippen molar-refractivity contribution in [2.45, 2.75) is 57.9 Å². The molecule has 0 spiro atoms. The van der Waals surface area contributed by atoms with Crippen LogP contribution in [-0.2, 0) is 14.3 Å². The minimum absolute atomic E-state index is 0.0186. The van der Waals surface area contributed by atoms with Gasteiger partial charge >= 0.3 is 12.1 Å². The highest BCUT2D eigenvalue weighted by atomic mass is 16.5. The van der Waals surface area contributed by atoms with Crippen molar-refractivity contribution in [1.82, 2.24) is 10.6 Å². The van der Waals surface area contributed by atoms with Gasteiger partial charge in [-0.1, -0.05) is 55.5 Å². The average molecular weight is 479 g/mol. The van der Waals surface area contributed by atoms with Gasteiger partial charge in [0, 0.05) is 18.5 Å². The summed E-state index contributed by atoms with van der Waals surface area (Å²) in [5.74, 6) is -1.23. The van der Waals surface area contributed by atoms with Gasteiger partial charge in [0.05, 0.1) is 11.3 Å². The summed E-state index contributed by atoms with van der Waals surface area (Å²) in [7, 11) is 0. The third-order valence-corrected chi connectivity index (χ3v) is 7.71. The molecule has 0 heterocycles. The highest BCUT2D eigenvalue weighted by molar-refractivity contribution is 5.83. The second-order valence-electron chi connectivity index (χ2n) is 9.95. The summed E-state index contributed by atoms with van der Waals surface area (Å²) >= 11 is 0. The maximum absolute atomic E-state index is 13.0. The molecule has 0 saturated heterocycles. The first kappa shape index (κ1) is 24.8. The van der Waals surface area contributed by atoms with Crippen molar-refractivity contribution in [3.8, 4) is 11.1 Å². The molecule has 3 N–H and O–H groups in total. The molecule has 1 atom stereocenters. The van der Waals surface area contributed by atoms with Crippen molar-refractivity contribution >= 4 is 18.0 Å². The molecule has 2 aliphatic carbocycles. The maximum Gasteiger partial charge on any atom is 0.407 e. The number of amides is 2. The molecule has 2 aliphatic rings. The molecule has 0 bridgehead atoms. The summed E-state index contributed by atoms with van der Waals surface area (Å²) in [6.07, 6.45) is 2.46. The number of carbonyl (C=O) groups excluding carboxylic acids is 2. The zero-order valence-electron chi connectivity index (χ0n) is 20.4. The van der Waals surface area contributed by atoms with Crippen molar-refractivity contribution in [2.24, 2.45) is 11.3 Å². The van der Waals surface area contributed by atoms with E-state index in [1.165, 1.54) is 11.1 Å². The predicted molar refractivity (Wildman–Crippen MR) is 133 cm³/mol. The molecule has 1 fully saturated rings. The van der Waals surface area contributed by atoms with Gasteiger partial charge in [0.1, 0.15) is 6.61 Å². The minimum atomic E-state index is -0.783. The molecule has 35 heavy (non-hydrogen) atoms. The molecule has 7 nitrogen and oxygen atoms in total. The van der Waals surface area contributed by atoms with E-state index in [1.54, 1.807) is 0 Å². The van der Waals surface area contributed by atoms with Crippen LogP contribution in [-0.4, -0.2) is 42.3 Å². The van der Waals surface area contributed by atoms with Crippen LogP contribution in [0.5, 0.6) is 0 Å². The number of nitrogens with one attached hydrogen (secondary N) is 2. The Morgan fingerprint density at radius 2 is 1.54 bits per heavy atom. The molecule has 0 aliphatic heterocycles. The van der Waals surface area contributed by atoms with E-state index in [-0.39, 0.29) is 36.9 Å². The van der Waals surface area contributed by atoms with Gasteiger partial charge in [0.25, 0.3) is 0 Å². The lowest BCUT2D eigenvalue weighted by Gasteiger charge is -2.32. The van der Waals surface area contributed by atoms with Gasteiger partial charge in [0.2, 0.25) is 5.91 Å². The van der Waals surface area contributed by atoms with E-state index in [9.17, 15) is 14.4 Å². The monoisotopic (exact) mass is 478 g/mol. The van der Waals surface area contributed by atoms with E-state index in [1.807, 2.05) is 38.1 Å². The third kappa shape index (κ3) is 5.34. The topological polar surface area (TPSA) is 105 Å². The number of ether oxygens (including phenoxy) is 1. The second-order valence-corrected chi connectivity index (χ2v) is 9.95. The van der Waals surface area contributed by atoms with Crippen molar-refractivity contribution in [3.63, 3.8) is 0 Å². The normalized spacial score (nSPS) is 20.7. The van der Waals surface area contributed by atoms with Gasteiger partial charge in [0.15, 0.2) is 0 Å². The molecular formula is C28H34N2O5. The van der Waals surface area contributed by atoms with Crippen LogP contribution in [0.4, 0.5) is 4.79 Å². The van der Waals surface area contributed by atoms with Gasteiger partial charge in [-0.05, 0) is 61.3 Å². The average Bonchev–Trinajstić information content (AvgIpc) is 3.20. The molecule has 2 amide bonds. The molecule has 1 unspecified atom stereocenters. The lowest BCUT2D eigenvalue weighted by molar-refractivity contribution is -0.142. The summed E-state index contributed by atoms with van der Waals surface area (Å²) in [6.45, 7) is 4.13. The number of benzene rings is 2. The Labute approximate surface area is 206 Å². The van der Waals surface area contributed by atoms with Crippen molar-refractivity contribution < 1.29 is 24.2 Å². The van der Waals surface area contributed by atoms with E-state index < -0.39 is 17.5 Å². The van der Waals surface area contributed by atoms with E-state index in [2.05, 4.69) is 34.9 Å². The van der Waals surface area contributed by atoms with Crippen molar-refractivity contribution in [2.75, 3.05) is 13.2 Å². The maximum atomic E-state index is 13.0. The van der Waals surface area contributed by atoms with Crippen LogP contribution in [0.2, 0.25) is 0 Å². The molecule has 2 aromatic rings. The number of fused-ring (bicyclic) bond motifs is 3. The number of alkyl carbamates (subject to hydrolysis) is 1. The van der Waals surface area contributed by atoms with Crippen LogP contribution in [0.15, 0.2) is 48.5 Å². The summed E-state index contributed by atoms with van der Waals surface area (Å²) in [5.41, 5.74) is 3.86. The summed E-state index contributed by atoms with van der Waals surface area (Å²) in [4.78, 5) is 36.7. The summed E-state index contributed by atoms with van der Waals surface area (Å²) in [5, 5.41) is 15.0. The largest absolute Gasteiger partial charge is 0.481 e. The summed E-state index contributed by atoms with van der Waals surface area (Å²) in [6, 6.07) is 16.3. The van der Waals surface area contributed by atoms with E-state index in [0.717, 1.165) is 11.1 Å². The molecular weight excluding hydrogens is 444 g/mol. The number of carboxylic acids is 1. The Morgan fingerprint density at radius 1 is 0.971 bits per heavy atom. The molecule has 0 aromatic heterocycles. The predicted octanol–water partition coefficient (Wildman–Crippen LogP) is 4.70. The fraction of sp³-hybridized carbons (Fsp3) is 0.464. The van der Waals surface area contributed by atoms with Crippen LogP contribution >= 0.6 is 0 Å².